The first kappa shape index (κ1) is 7.56. The number of fused-ring (bicyclic) bond motifs is 1. The van der Waals surface area contributed by atoms with Crippen LogP contribution in [0.5, 0.6) is 0 Å². The maximum atomic E-state index is 8.99. The number of nitrogens with one attached hydrogen (secondary N) is 1. The molecule has 0 aromatic carbocycles. The van der Waals surface area contributed by atoms with Gasteiger partial charge in [-0.3, -0.25) is 0 Å². The van der Waals surface area contributed by atoms with Crippen LogP contribution >= 0.6 is 0 Å². The molecule has 0 aromatic heterocycles. The second kappa shape index (κ2) is 3.11. The molecule has 0 amide bonds. The van der Waals surface area contributed by atoms with E-state index >= 15 is 0 Å². The van der Waals surface area contributed by atoms with Gasteiger partial charge in [0, 0.05) is 6.61 Å². The predicted octanol–water partition coefficient (Wildman–Crippen LogP) is 0.614. The van der Waals surface area contributed by atoms with Crippen LogP contribution in [0.2, 0.25) is 0 Å². The van der Waals surface area contributed by atoms with Crippen LogP contribution in [0.3, 0.4) is 0 Å². The second-order valence-electron chi connectivity index (χ2n) is 4.03. The van der Waals surface area contributed by atoms with Gasteiger partial charge in [0.25, 0.3) is 0 Å². The van der Waals surface area contributed by atoms with Gasteiger partial charge in [-0.15, -0.1) is 0 Å². The van der Waals surface area contributed by atoms with Gasteiger partial charge in [-0.25, -0.2) is 0 Å². The van der Waals surface area contributed by atoms with Crippen molar-refractivity contribution in [3.05, 3.63) is 0 Å². The quantitative estimate of drug-likeness (QED) is 0.581. The van der Waals surface area contributed by atoms with Crippen molar-refractivity contribution in [2.45, 2.75) is 19.3 Å². The Kier molecular flexibility index (Phi) is 2.14. The van der Waals surface area contributed by atoms with Crippen LogP contribution in [0.4, 0.5) is 0 Å². The van der Waals surface area contributed by atoms with Gasteiger partial charge in [0.2, 0.25) is 0 Å². The van der Waals surface area contributed by atoms with Gasteiger partial charge in [-0.2, -0.15) is 0 Å². The third kappa shape index (κ3) is 1.42. The van der Waals surface area contributed by atoms with Gasteiger partial charge < -0.3 is 10.4 Å². The van der Waals surface area contributed by atoms with E-state index in [2.05, 4.69) is 5.32 Å². The van der Waals surface area contributed by atoms with E-state index in [0.29, 0.717) is 12.5 Å². The summed E-state index contributed by atoms with van der Waals surface area (Å²) in [6.45, 7) is 2.80. The summed E-state index contributed by atoms with van der Waals surface area (Å²) in [6, 6.07) is 0. The molecule has 2 fully saturated rings. The summed E-state index contributed by atoms with van der Waals surface area (Å²) < 4.78 is 0. The lowest BCUT2D eigenvalue weighted by Crippen LogP contribution is -2.33. The summed E-state index contributed by atoms with van der Waals surface area (Å²) in [7, 11) is 0. The van der Waals surface area contributed by atoms with E-state index in [0.717, 1.165) is 11.8 Å². The van der Waals surface area contributed by atoms with E-state index in [1.807, 2.05) is 0 Å². The van der Waals surface area contributed by atoms with E-state index in [9.17, 15) is 0 Å². The van der Waals surface area contributed by atoms with Crippen molar-refractivity contribution in [1.29, 1.82) is 0 Å². The zero-order valence-electron chi connectivity index (χ0n) is 6.92. The first-order valence-corrected chi connectivity index (χ1v) is 4.71. The fourth-order valence-electron chi connectivity index (χ4n) is 2.66. The minimum atomic E-state index is 0.410. The van der Waals surface area contributed by atoms with E-state index in [4.69, 9.17) is 5.11 Å². The SMILES string of the molecule is OCC1CC2CCNCC2C1. The zero-order chi connectivity index (χ0) is 7.68. The van der Waals surface area contributed by atoms with Gasteiger partial charge in [0.1, 0.15) is 0 Å². The minimum absolute atomic E-state index is 0.410. The summed E-state index contributed by atoms with van der Waals surface area (Å²) >= 11 is 0. The normalized spacial score (nSPS) is 43.9. The summed E-state index contributed by atoms with van der Waals surface area (Å²) in [4.78, 5) is 0. The molecule has 0 radical (unpaired) electrons. The fraction of sp³-hybridized carbons (Fsp3) is 1.00. The Bertz CT molecular complexity index is 124. The Balaban J connectivity index is 1.92. The number of aliphatic hydroxyl groups is 1. The Labute approximate surface area is 68.0 Å². The molecule has 2 N–H and O–H groups in total. The number of piperidine rings is 1. The first-order valence-electron chi connectivity index (χ1n) is 4.71. The standard InChI is InChI=1S/C9H17NO/c11-6-7-3-8-1-2-10-5-9(8)4-7/h7-11H,1-6H2. The van der Waals surface area contributed by atoms with E-state index in [-0.39, 0.29) is 0 Å². The Morgan fingerprint density at radius 3 is 2.82 bits per heavy atom. The monoisotopic (exact) mass is 155 g/mol. The molecule has 0 spiro atoms. The first-order chi connectivity index (χ1) is 5.40. The minimum Gasteiger partial charge on any atom is -0.396 e. The average molecular weight is 155 g/mol. The number of hydrogen-bond acceptors (Lipinski definition) is 2. The summed E-state index contributed by atoms with van der Waals surface area (Å²) in [6.07, 6.45) is 3.87. The smallest absolute Gasteiger partial charge is 0.0459 e. The van der Waals surface area contributed by atoms with Crippen LogP contribution in [0, 0.1) is 17.8 Å². The molecule has 2 nitrogen and oxygen atoms in total. The summed E-state index contributed by atoms with van der Waals surface area (Å²) in [5, 5.41) is 12.4. The van der Waals surface area contributed by atoms with Gasteiger partial charge in [-0.1, -0.05) is 0 Å². The maximum absolute atomic E-state index is 8.99. The van der Waals surface area contributed by atoms with Gasteiger partial charge >= 0.3 is 0 Å². The van der Waals surface area contributed by atoms with Crippen LogP contribution in [-0.2, 0) is 0 Å². The third-order valence-electron chi connectivity index (χ3n) is 3.30. The molecule has 1 heterocycles. The highest BCUT2D eigenvalue weighted by Crippen LogP contribution is 2.39. The van der Waals surface area contributed by atoms with Gasteiger partial charge in [-0.05, 0) is 50.1 Å². The van der Waals surface area contributed by atoms with Gasteiger partial charge in [0.15, 0.2) is 0 Å². The molecular weight excluding hydrogens is 138 g/mol. The van der Waals surface area contributed by atoms with Crippen molar-refractivity contribution in [3.8, 4) is 0 Å². The van der Waals surface area contributed by atoms with Crippen LogP contribution in [0.15, 0.2) is 0 Å². The van der Waals surface area contributed by atoms with Gasteiger partial charge in [0.05, 0.1) is 0 Å². The largest absolute Gasteiger partial charge is 0.396 e. The van der Waals surface area contributed by atoms with E-state index in [1.54, 1.807) is 0 Å². The molecule has 0 aromatic rings. The van der Waals surface area contributed by atoms with Crippen LogP contribution < -0.4 is 5.32 Å². The molecule has 1 aliphatic carbocycles. The maximum Gasteiger partial charge on any atom is 0.0459 e. The van der Waals surface area contributed by atoms with E-state index in [1.165, 1.54) is 32.4 Å². The molecule has 3 unspecified atom stereocenters. The topological polar surface area (TPSA) is 32.3 Å². The molecular formula is C9H17NO. The van der Waals surface area contributed by atoms with E-state index < -0.39 is 0 Å². The molecule has 1 saturated heterocycles. The number of hydrogen-bond donors (Lipinski definition) is 2. The molecule has 1 aliphatic heterocycles. The Morgan fingerprint density at radius 2 is 2.09 bits per heavy atom. The predicted molar refractivity (Wildman–Crippen MR) is 44.3 cm³/mol. The molecule has 2 aliphatic rings. The van der Waals surface area contributed by atoms with Crippen LogP contribution in [-0.4, -0.2) is 24.8 Å². The molecule has 64 valence electrons. The Hall–Kier alpha value is -0.0800. The van der Waals surface area contributed by atoms with Crippen molar-refractivity contribution < 1.29 is 5.11 Å². The zero-order valence-corrected chi connectivity index (χ0v) is 6.92. The number of aliphatic hydroxyl groups excluding tert-OH is 1. The molecule has 2 rings (SSSR count). The lowest BCUT2D eigenvalue weighted by molar-refractivity contribution is 0.225. The van der Waals surface area contributed by atoms with Crippen LogP contribution in [0.1, 0.15) is 19.3 Å². The van der Waals surface area contributed by atoms with Crippen molar-refractivity contribution in [3.63, 3.8) is 0 Å². The fourth-order valence-corrected chi connectivity index (χ4v) is 2.66. The van der Waals surface area contributed by atoms with Crippen LogP contribution in [0.25, 0.3) is 0 Å². The molecule has 2 heteroatoms. The highest BCUT2D eigenvalue weighted by Gasteiger charge is 2.34. The van der Waals surface area contributed by atoms with Crippen molar-refractivity contribution >= 4 is 0 Å². The van der Waals surface area contributed by atoms with Crippen molar-refractivity contribution in [2.24, 2.45) is 17.8 Å². The lowest BCUT2D eigenvalue weighted by Gasteiger charge is -2.25. The number of rotatable bonds is 1. The molecule has 11 heavy (non-hydrogen) atoms. The highest BCUT2D eigenvalue weighted by atomic mass is 16.3. The summed E-state index contributed by atoms with van der Waals surface area (Å²) in [5.74, 6) is 2.42. The second-order valence-corrected chi connectivity index (χ2v) is 4.03. The third-order valence-corrected chi connectivity index (χ3v) is 3.30. The molecule has 0 bridgehead atoms. The molecule has 3 atom stereocenters. The lowest BCUT2D eigenvalue weighted by atomic mass is 9.90. The average Bonchev–Trinajstić information content (AvgIpc) is 2.46. The van der Waals surface area contributed by atoms with Crippen molar-refractivity contribution in [2.75, 3.05) is 19.7 Å². The Morgan fingerprint density at radius 1 is 1.27 bits per heavy atom. The summed E-state index contributed by atoms with van der Waals surface area (Å²) in [5.41, 5.74) is 0. The molecule has 1 saturated carbocycles. The highest BCUT2D eigenvalue weighted by molar-refractivity contribution is 4.87. The van der Waals surface area contributed by atoms with Crippen molar-refractivity contribution in [1.82, 2.24) is 5.32 Å².